The standard InChI is InChI=1S/C21H35N3O2/c1-13-17(25)8-11-21(3)16-7-10-20(2)15(14(16)9-12-24(13)21)5-6-18(20)23-19(26)22-4/h13-16,18H,5-12H2,1-4H3,(H2,22,23,26)/t13?,14-,15-,16+,18?,20-,21+/m0/s1. The molecule has 2 N–H and O–H groups in total. The van der Waals surface area contributed by atoms with Crippen LogP contribution in [-0.2, 0) is 4.79 Å². The number of nitrogens with one attached hydrogen (secondary N) is 2. The molecule has 5 heteroatoms. The fraction of sp³-hybridized carbons (Fsp3) is 0.905. The van der Waals surface area contributed by atoms with Gasteiger partial charge in [-0.2, -0.15) is 0 Å². The number of piperidine rings is 2. The Kier molecular flexibility index (Phi) is 4.37. The number of amides is 2. The predicted octanol–water partition coefficient (Wildman–Crippen LogP) is 2.94. The molecule has 26 heavy (non-hydrogen) atoms. The summed E-state index contributed by atoms with van der Waals surface area (Å²) in [6.07, 6.45) is 7.76. The Morgan fingerprint density at radius 2 is 1.88 bits per heavy atom. The summed E-state index contributed by atoms with van der Waals surface area (Å²) < 4.78 is 0. The lowest BCUT2D eigenvalue weighted by atomic mass is 9.52. The highest BCUT2D eigenvalue weighted by molar-refractivity contribution is 5.84. The van der Waals surface area contributed by atoms with Crippen LogP contribution in [-0.4, -0.2) is 47.9 Å². The van der Waals surface area contributed by atoms with Crippen LogP contribution < -0.4 is 10.6 Å². The van der Waals surface area contributed by atoms with Gasteiger partial charge in [-0.15, -0.1) is 0 Å². The number of hydrogen-bond acceptors (Lipinski definition) is 3. The summed E-state index contributed by atoms with van der Waals surface area (Å²) in [6.45, 7) is 8.03. The van der Waals surface area contributed by atoms with Gasteiger partial charge in [0.05, 0.1) is 6.04 Å². The average molecular weight is 362 g/mol. The predicted molar refractivity (Wildman–Crippen MR) is 102 cm³/mol. The van der Waals surface area contributed by atoms with Crippen molar-refractivity contribution in [1.82, 2.24) is 15.5 Å². The van der Waals surface area contributed by atoms with Gasteiger partial charge in [-0.25, -0.2) is 4.79 Å². The molecule has 7 atom stereocenters. The number of carbonyl (C=O) groups excluding carboxylic acids is 2. The summed E-state index contributed by atoms with van der Waals surface area (Å²) in [5.74, 6) is 2.57. The number of urea groups is 1. The number of fused-ring (bicyclic) bond motifs is 5. The first-order valence-electron chi connectivity index (χ1n) is 10.6. The fourth-order valence-corrected chi connectivity index (χ4v) is 7.41. The molecule has 0 bridgehead atoms. The Morgan fingerprint density at radius 1 is 1.12 bits per heavy atom. The van der Waals surface area contributed by atoms with Gasteiger partial charge in [0.25, 0.3) is 0 Å². The molecule has 2 saturated carbocycles. The molecule has 4 fully saturated rings. The van der Waals surface area contributed by atoms with E-state index in [-0.39, 0.29) is 23.0 Å². The Morgan fingerprint density at radius 3 is 2.62 bits per heavy atom. The van der Waals surface area contributed by atoms with Crippen molar-refractivity contribution in [3.05, 3.63) is 0 Å². The quantitative estimate of drug-likeness (QED) is 0.755. The highest BCUT2D eigenvalue weighted by Gasteiger charge is 2.60. The Bertz CT molecular complexity index is 608. The van der Waals surface area contributed by atoms with Crippen LogP contribution in [0.25, 0.3) is 0 Å². The average Bonchev–Trinajstić information content (AvgIpc) is 2.95. The van der Waals surface area contributed by atoms with E-state index in [9.17, 15) is 9.59 Å². The van der Waals surface area contributed by atoms with Gasteiger partial charge in [0, 0.05) is 25.0 Å². The monoisotopic (exact) mass is 361 g/mol. The molecule has 0 spiro atoms. The second-order valence-corrected chi connectivity index (χ2v) is 9.76. The van der Waals surface area contributed by atoms with Crippen molar-refractivity contribution < 1.29 is 9.59 Å². The van der Waals surface area contributed by atoms with E-state index in [4.69, 9.17) is 0 Å². The summed E-state index contributed by atoms with van der Waals surface area (Å²) in [5.41, 5.74) is 0.409. The molecule has 5 nitrogen and oxygen atoms in total. The second kappa shape index (κ2) is 6.22. The van der Waals surface area contributed by atoms with E-state index in [1.54, 1.807) is 7.05 Å². The lowest BCUT2D eigenvalue weighted by Crippen LogP contribution is -2.67. The molecular weight excluding hydrogens is 326 g/mol. The molecule has 0 aromatic heterocycles. The number of Topliss-reactive ketones (excluding diaryl/α,β-unsaturated/α-hetero) is 1. The lowest BCUT2D eigenvalue weighted by Gasteiger charge is -2.62. The van der Waals surface area contributed by atoms with E-state index >= 15 is 0 Å². The minimum Gasteiger partial charge on any atom is -0.341 e. The molecule has 2 amide bonds. The molecule has 0 radical (unpaired) electrons. The molecular formula is C21H35N3O2. The van der Waals surface area contributed by atoms with Gasteiger partial charge >= 0.3 is 6.03 Å². The maximum atomic E-state index is 12.3. The van der Waals surface area contributed by atoms with E-state index in [1.807, 2.05) is 0 Å². The minimum absolute atomic E-state index is 0.0413. The molecule has 2 aliphatic heterocycles. The first-order chi connectivity index (χ1) is 12.3. The molecule has 2 unspecified atom stereocenters. The van der Waals surface area contributed by atoms with Gasteiger partial charge in [0.1, 0.15) is 5.78 Å². The first-order valence-corrected chi connectivity index (χ1v) is 10.6. The van der Waals surface area contributed by atoms with Gasteiger partial charge in [-0.1, -0.05) is 6.92 Å². The molecule has 2 heterocycles. The van der Waals surface area contributed by atoms with E-state index in [1.165, 1.54) is 25.7 Å². The van der Waals surface area contributed by atoms with Crippen molar-refractivity contribution >= 4 is 11.8 Å². The Hall–Kier alpha value is -1.10. The SMILES string of the molecule is CNC(=O)NC1CC[C@H]2[C@@H]3CCN4C(C)C(=O)CC[C@]4(C)[C@@H]3CC[C@]12C. The van der Waals surface area contributed by atoms with Crippen molar-refractivity contribution in [1.29, 1.82) is 0 Å². The van der Waals surface area contributed by atoms with Crippen LogP contribution in [0.2, 0.25) is 0 Å². The van der Waals surface area contributed by atoms with Crippen LogP contribution in [0.3, 0.4) is 0 Å². The number of hydrogen-bond donors (Lipinski definition) is 2. The second-order valence-electron chi connectivity index (χ2n) is 9.76. The number of carbonyl (C=O) groups is 2. The normalized spacial score (nSPS) is 48.3. The van der Waals surface area contributed by atoms with Crippen LogP contribution in [0.15, 0.2) is 0 Å². The van der Waals surface area contributed by atoms with Crippen molar-refractivity contribution in [2.45, 2.75) is 83.3 Å². The molecule has 2 aliphatic carbocycles. The van der Waals surface area contributed by atoms with Crippen LogP contribution in [0.4, 0.5) is 4.79 Å². The van der Waals surface area contributed by atoms with E-state index in [2.05, 4.69) is 36.3 Å². The van der Waals surface area contributed by atoms with Gasteiger partial charge in [0.2, 0.25) is 0 Å². The minimum atomic E-state index is -0.0413. The highest BCUT2D eigenvalue weighted by Crippen LogP contribution is 2.61. The first kappa shape index (κ1) is 18.3. The van der Waals surface area contributed by atoms with E-state index < -0.39 is 0 Å². The van der Waals surface area contributed by atoms with E-state index in [0.717, 1.165) is 31.7 Å². The van der Waals surface area contributed by atoms with Crippen LogP contribution in [0.1, 0.15) is 65.7 Å². The zero-order chi connectivity index (χ0) is 18.7. The van der Waals surface area contributed by atoms with Crippen LogP contribution in [0, 0.1) is 23.2 Å². The summed E-state index contributed by atoms with van der Waals surface area (Å²) in [4.78, 5) is 26.7. The molecule has 4 rings (SSSR count). The largest absolute Gasteiger partial charge is 0.341 e. The summed E-state index contributed by atoms with van der Waals surface area (Å²) in [7, 11) is 1.70. The van der Waals surface area contributed by atoms with Gasteiger partial charge < -0.3 is 10.6 Å². The van der Waals surface area contributed by atoms with Crippen molar-refractivity contribution in [3.8, 4) is 0 Å². The van der Waals surface area contributed by atoms with Crippen molar-refractivity contribution in [2.24, 2.45) is 23.2 Å². The zero-order valence-corrected chi connectivity index (χ0v) is 16.8. The molecule has 2 saturated heterocycles. The maximum absolute atomic E-state index is 12.3. The van der Waals surface area contributed by atoms with Crippen LogP contribution >= 0.6 is 0 Å². The smallest absolute Gasteiger partial charge is 0.314 e. The Balaban J connectivity index is 1.57. The summed E-state index contributed by atoms with van der Waals surface area (Å²) >= 11 is 0. The molecule has 0 aromatic carbocycles. The van der Waals surface area contributed by atoms with Crippen molar-refractivity contribution in [2.75, 3.05) is 13.6 Å². The topological polar surface area (TPSA) is 61.4 Å². The third-order valence-electron chi connectivity index (χ3n) is 8.94. The highest BCUT2D eigenvalue weighted by atomic mass is 16.2. The molecule has 146 valence electrons. The summed E-state index contributed by atoms with van der Waals surface area (Å²) in [6, 6.07) is 0.348. The molecule has 4 aliphatic rings. The van der Waals surface area contributed by atoms with Crippen molar-refractivity contribution in [3.63, 3.8) is 0 Å². The Labute approximate surface area is 157 Å². The van der Waals surface area contributed by atoms with Gasteiger partial charge in [-0.05, 0) is 82.1 Å². The summed E-state index contributed by atoms with van der Waals surface area (Å²) in [5, 5.41) is 5.96. The third-order valence-corrected chi connectivity index (χ3v) is 8.94. The van der Waals surface area contributed by atoms with Gasteiger partial charge in [0.15, 0.2) is 0 Å². The van der Waals surface area contributed by atoms with Gasteiger partial charge in [-0.3, -0.25) is 9.69 Å². The third kappa shape index (κ3) is 2.45. The fourth-order valence-electron chi connectivity index (χ4n) is 7.41. The zero-order valence-electron chi connectivity index (χ0n) is 16.8. The van der Waals surface area contributed by atoms with Crippen LogP contribution in [0.5, 0.6) is 0 Å². The molecule has 0 aromatic rings. The number of nitrogens with zero attached hydrogens (tertiary/aromatic N) is 1. The number of ketones is 1. The maximum Gasteiger partial charge on any atom is 0.314 e. The lowest BCUT2D eigenvalue weighted by molar-refractivity contribution is -0.152. The van der Waals surface area contributed by atoms with E-state index in [0.29, 0.717) is 23.7 Å². The number of rotatable bonds is 1.